The van der Waals surface area contributed by atoms with Gasteiger partial charge in [-0.15, -0.1) is 0 Å². The van der Waals surface area contributed by atoms with Crippen molar-refractivity contribution >= 4 is 6.09 Å². The third-order valence-electron chi connectivity index (χ3n) is 2.25. The molecule has 0 spiro atoms. The lowest BCUT2D eigenvalue weighted by Crippen LogP contribution is -2.51. The van der Waals surface area contributed by atoms with Gasteiger partial charge in [0.05, 0.1) is 12.1 Å². The third-order valence-corrected chi connectivity index (χ3v) is 2.25. The SMILES string of the molecule is CC(C)(CNCc1ncc[nH]1)NC(=O)OC(C)(C)C. The molecule has 0 aromatic carbocycles. The van der Waals surface area contributed by atoms with Crippen LogP contribution in [0, 0.1) is 0 Å². The number of ether oxygens (including phenoxy) is 1. The number of carbonyl (C=O) groups is 1. The fraction of sp³-hybridized carbons (Fsp3) is 0.692. The Balaban J connectivity index is 2.32. The van der Waals surface area contributed by atoms with Gasteiger partial charge in [-0.1, -0.05) is 0 Å². The van der Waals surface area contributed by atoms with E-state index >= 15 is 0 Å². The first kappa shape index (κ1) is 15.5. The summed E-state index contributed by atoms with van der Waals surface area (Å²) in [5, 5.41) is 6.07. The molecule has 0 saturated carbocycles. The molecular formula is C13H24N4O2. The van der Waals surface area contributed by atoms with Crippen molar-refractivity contribution in [3.63, 3.8) is 0 Å². The second-order valence-electron chi connectivity index (χ2n) is 6.15. The molecule has 19 heavy (non-hydrogen) atoms. The van der Waals surface area contributed by atoms with Crippen molar-refractivity contribution in [3.05, 3.63) is 18.2 Å². The van der Waals surface area contributed by atoms with E-state index < -0.39 is 17.2 Å². The number of aromatic nitrogens is 2. The molecule has 0 aliphatic heterocycles. The lowest BCUT2D eigenvalue weighted by atomic mass is 10.1. The zero-order valence-electron chi connectivity index (χ0n) is 12.3. The summed E-state index contributed by atoms with van der Waals surface area (Å²) in [6, 6.07) is 0. The van der Waals surface area contributed by atoms with E-state index in [1.807, 2.05) is 34.6 Å². The molecule has 6 nitrogen and oxygen atoms in total. The van der Waals surface area contributed by atoms with Gasteiger partial charge in [0, 0.05) is 18.9 Å². The molecule has 0 saturated heterocycles. The minimum absolute atomic E-state index is 0.394. The van der Waals surface area contributed by atoms with E-state index in [9.17, 15) is 4.79 Å². The first-order valence-electron chi connectivity index (χ1n) is 6.38. The second kappa shape index (κ2) is 6.06. The lowest BCUT2D eigenvalue weighted by Gasteiger charge is -2.28. The standard InChI is InChI=1S/C13H24N4O2/c1-12(2,3)19-11(18)17-13(4,5)9-14-8-10-15-6-7-16-10/h6-7,14H,8-9H2,1-5H3,(H,15,16)(H,17,18). The Kier molecular flexibility index (Phi) is 4.94. The largest absolute Gasteiger partial charge is 0.444 e. The Hall–Kier alpha value is -1.56. The van der Waals surface area contributed by atoms with Crippen LogP contribution in [0.25, 0.3) is 0 Å². The summed E-state index contributed by atoms with van der Waals surface area (Å²) in [6.07, 6.45) is 3.08. The first-order chi connectivity index (χ1) is 8.68. The van der Waals surface area contributed by atoms with Gasteiger partial charge < -0.3 is 20.4 Å². The molecule has 1 amide bonds. The lowest BCUT2D eigenvalue weighted by molar-refractivity contribution is 0.0472. The number of alkyl carbamates (subject to hydrolysis) is 1. The molecule has 1 aromatic heterocycles. The normalized spacial score (nSPS) is 12.3. The Bertz CT molecular complexity index is 393. The smallest absolute Gasteiger partial charge is 0.408 e. The second-order valence-corrected chi connectivity index (χ2v) is 6.15. The number of aromatic amines is 1. The van der Waals surface area contributed by atoms with Gasteiger partial charge in [0.25, 0.3) is 0 Å². The zero-order chi connectivity index (χ0) is 14.5. The van der Waals surface area contributed by atoms with Crippen LogP contribution >= 0.6 is 0 Å². The van der Waals surface area contributed by atoms with Gasteiger partial charge >= 0.3 is 6.09 Å². The molecular weight excluding hydrogens is 244 g/mol. The quantitative estimate of drug-likeness (QED) is 0.761. The maximum Gasteiger partial charge on any atom is 0.408 e. The van der Waals surface area contributed by atoms with Gasteiger partial charge in [0.1, 0.15) is 11.4 Å². The molecule has 1 aromatic rings. The minimum Gasteiger partial charge on any atom is -0.444 e. The monoisotopic (exact) mass is 268 g/mol. The fourth-order valence-corrected chi connectivity index (χ4v) is 1.51. The number of hydrogen-bond donors (Lipinski definition) is 3. The van der Waals surface area contributed by atoms with Crippen LogP contribution in [0.4, 0.5) is 4.79 Å². The van der Waals surface area contributed by atoms with E-state index in [-0.39, 0.29) is 0 Å². The van der Waals surface area contributed by atoms with E-state index in [1.54, 1.807) is 12.4 Å². The summed E-state index contributed by atoms with van der Waals surface area (Å²) >= 11 is 0. The number of hydrogen-bond acceptors (Lipinski definition) is 4. The van der Waals surface area contributed by atoms with Crippen LogP contribution in [-0.2, 0) is 11.3 Å². The highest BCUT2D eigenvalue weighted by Crippen LogP contribution is 2.09. The molecule has 0 atom stereocenters. The van der Waals surface area contributed by atoms with Crippen LogP contribution in [-0.4, -0.2) is 33.7 Å². The highest BCUT2D eigenvalue weighted by molar-refractivity contribution is 5.68. The third kappa shape index (κ3) is 6.81. The summed E-state index contributed by atoms with van der Waals surface area (Å²) in [5.41, 5.74) is -0.878. The van der Waals surface area contributed by atoms with Gasteiger partial charge in [-0.05, 0) is 34.6 Å². The summed E-state index contributed by atoms with van der Waals surface area (Å²) in [6.45, 7) is 10.6. The number of H-pyrrole nitrogens is 1. The average Bonchev–Trinajstić information content (AvgIpc) is 2.65. The summed E-state index contributed by atoms with van der Waals surface area (Å²) in [5.74, 6) is 0.869. The molecule has 1 rings (SSSR count). The van der Waals surface area contributed by atoms with Crippen LogP contribution in [0.2, 0.25) is 0 Å². The van der Waals surface area contributed by atoms with Crippen molar-refractivity contribution in [2.75, 3.05) is 6.54 Å². The van der Waals surface area contributed by atoms with E-state index in [0.717, 1.165) is 5.82 Å². The molecule has 0 fully saturated rings. The molecule has 3 N–H and O–H groups in total. The van der Waals surface area contributed by atoms with Gasteiger partial charge in [0.2, 0.25) is 0 Å². The summed E-state index contributed by atoms with van der Waals surface area (Å²) in [7, 11) is 0. The summed E-state index contributed by atoms with van der Waals surface area (Å²) < 4.78 is 5.23. The van der Waals surface area contributed by atoms with Crippen molar-refractivity contribution in [2.45, 2.75) is 52.3 Å². The van der Waals surface area contributed by atoms with E-state index in [4.69, 9.17) is 4.74 Å². The van der Waals surface area contributed by atoms with Crippen molar-refractivity contribution in [1.29, 1.82) is 0 Å². The van der Waals surface area contributed by atoms with Crippen LogP contribution in [0.3, 0.4) is 0 Å². The molecule has 6 heteroatoms. The number of amides is 1. The van der Waals surface area contributed by atoms with Crippen LogP contribution < -0.4 is 10.6 Å². The van der Waals surface area contributed by atoms with E-state index in [0.29, 0.717) is 13.1 Å². The van der Waals surface area contributed by atoms with Gasteiger partial charge in [-0.3, -0.25) is 0 Å². The fourth-order valence-electron chi connectivity index (χ4n) is 1.51. The number of nitrogens with zero attached hydrogens (tertiary/aromatic N) is 1. The van der Waals surface area contributed by atoms with Crippen molar-refractivity contribution in [2.24, 2.45) is 0 Å². The maximum absolute atomic E-state index is 11.7. The average molecular weight is 268 g/mol. The highest BCUT2D eigenvalue weighted by atomic mass is 16.6. The Morgan fingerprint density at radius 1 is 1.37 bits per heavy atom. The van der Waals surface area contributed by atoms with Gasteiger partial charge in [0.15, 0.2) is 0 Å². The number of rotatable bonds is 5. The van der Waals surface area contributed by atoms with Crippen LogP contribution in [0.1, 0.15) is 40.4 Å². The van der Waals surface area contributed by atoms with Gasteiger partial charge in [-0.25, -0.2) is 9.78 Å². The zero-order valence-corrected chi connectivity index (χ0v) is 12.3. The van der Waals surface area contributed by atoms with E-state index in [1.165, 1.54) is 0 Å². The predicted octanol–water partition coefficient (Wildman–Crippen LogP) is 1.80. The maximum atomic E-state index is 11.7. The molecule has 0 aliphatic carbocycles. The molecule has 108 valence electrons. The first-order valence-corrected chi connectivity index (χ1v) is 6.38. The number of imidazole rings is 1. The molecule has 1 heterocycles. The summed E-state index contributed by atoms with van der Waals surface area (Å²) in [4.78, 5) is 18.8. The van der Waals surface area contributed by atoms with Crippen LogP contribution in [0.5, 0.6) is 0 Å². The number of carbonyl (C=O) groups excluding carboxylic acids is 1. The highest BCUT2D eigenvalue weighted by Gasteiger charge is 2.24. The molecule has 0 radical (unpaired) electrons. The van der Waals surface area contributed by atoms with Crippen molar-refractivity contribution < 1.29 is 9.53 Å². The predicted molar refractivity (Wildman–Crippen MR) is 73.7 cm³/mol. The molecule has 0 unspecified atom stereocenters. The minimum atomic E-state index is -0.484. The number of nitrogens with one attached hydrogen (secondary N) is 3. The molecule has 0 bridgehead atoms. The van der Waals surface area contributed by atoms with Gasteiger partial charge in [-0.2, -0.15) is 0 Å². The van der Waals surface area contributed by atoms with Crippen molar-refractivity contribution in [3.8, 4) is 0 Å². The van der Waals surface area contributed by atoms with Crippen molar-refractivity contribution in [1.82, 2.24) is 20.6 Å². The topological polar surface area (TPSA) is 79.0 Å². The van der Waals surface area contributed by atoms with Crippen LogP contribution in [0.15, 0.2) is 12.4 Å². The Labute approximate surface area is 114 Å². The Morgan fingerprint density at radius 3 is 2.58 bits per heavy atom. The Morgan fingerprint density at radius 2 is 2.05 bits per heavy atom. The molecule has 0 aliphatic rings. The van der Waals surface area contributed by atoms with E-state index in [2.05, 4.69) is 20.6 Å².